The van der Waals surface area contributed by atoms with Crippen LogP contribution in [0, 0.1) is 22.7 Å². The van der Waals surface area contributed by atoms with E-state index in [2.05, 4.69) is 5.32 Å². The van der Waals surface area contributed by atoms with Crippen molar-refractivity contribution < 1.29 is 4.79 Å². The van der Waals surface area contributed by atoms with E-state index in [-0.39, 0.29) is 26.3 Å². The van der Waals surface area contributed by atoms with Crippen molar-refractivity contribution in [2.45, 2.75) is 5.32 Å². The number of benzene rings is 2. The van der Waals surface area contributed by atoms with Gasteiger partial charge in [-0.05, 0) is 0 Å². The molecule has 0 bridgehead atoms. The number of allylic oxidation sites excluding steroid dienone is 1. The zero-order valence-electron chi connectivity index (χ0n) is 12.2. The molecule has 0 saturated carbocycles. The van der Waals surface area contributed by atoms with Gasteiger partial charge in [0.05, 0.1) is 0 Å². The van der Waals surface area contributed by atoms with Gasteiger partial charge in [-0.25, -0.2) is 0 Å². The number of carbonyl (C=O) groups excluding carboxylic acids is 1. The monoisotopic (exact) mass is 367 g/mol. The molecular weight excluding hydrogens is 353 g/mol. The van der Waals surface area contributed by atoms with Gasteiger partial charge in [-0.3, -0.25) is 0 Å². The average Bonchev–Trinajstić information content (AvgIpc) is 2.62. The zero-order valence-corrected chi connectivity index (χ0v) is 13.9. The summed E-state index contributed by atoms with van der Waals surface area (Å²) in [5.74, 6) is 0.00758. The van der Waals surface area contributed by atoms with Gasteiger partial charge in [-0.2, -0.15) is 0 Å². The van der Waals surface area contributed by atoms with Crippen LogP contribution < -0.4 is 5.32 Å². The summed E-state index contributed by atoms with van der Waals surface area (Å²) in [5.41, 5.74) is 1.46. The fraction of sp³-hybridized carbons (Fsp3) is 0.0556. The van der Waals surface area contributed by atoms with Gasteiger partial charge in [0, 0.05) is 0 Å². The van der Waals surface area contributed by atoms with Gasteiger partial charge in [0.1, 0.15) is 0 Å². The van der Waals surface area contributed by atoms with Crippen molar-refractivity contribution in [1.29, 1.82) is 10.5 Å². The number of Topliss-reactive ketones (excluding diaryl/α,β-unsaturated/α-hetero) is 1. The minimum atomic E-state index is -0.330. The molecule has 0 unspecified atom stereocenters. The summed E-state index contributed by atoms with van der Waals surface area (Å²) in [5, 5.41) is 21.6. The fourth-order valence-electron chi connectivity index (χ4n) is 1.79. The molecule has 23 heavy (non-hydrogen) atoms. The van der Waals surface area contributed by atoms with E-state index < -0.39 is 0 Å². The van der Waals surface area contributed by atoms with Gasteiger partial charge in [0.15, 0.2) is 0 Å². The Kier molecular flexibility index (Phi) is 6.15. The summed E-state index contributed by atoms with van der Waals surface area (Å²) in [6.07, 6.45) is 0. The summed E-state index contributed by atoms with van der Waals surface area (Å²) in [7, 11) is 0. The predicted octanol–water partition coefficient (Wildman–Crippen LogP) is 3.36. The Labute approximate surface area is 141 Å². The molecule has 0 amide bonds. The molecule has 0 heterocycles. The Hall–Kier alpha value is -2.85. The van der Waals surface area contributed by atoms with Gasteiger partial charge in [-0.15, -0.1) is 0 Å². The Morgan fingerprint density at radius 2 is 1.52 bits per heavy atom. The summed E-state index contributed by atoms with van der Waals surface area (Å²) in [6.45, 7) is 0. The van der Waals surface area contributed by atoms with Gasteiger partial charge >= 0.3 is 141 Å². The third-order valence-corrected chi connectivity index (χ3v) is 5.03. The molecule has 0 aliphatic heterocycles. The Morgan fingerprint density at radius 3 is 2.09 bits per heavy atom. The molecule has 0 aromatic heterocycles. The molecular formula is C18H13N3OSe. The van der Waals surface area contributed by atoms with E-state index in [1.54, 1.807) is 12.1 Å². The maximum absolute atomic E-state index is 12.2. The molecule has 2 aromatic rings. The molecule has 0 spiro atoms. The second kappa shape index (κ2) is 8.56. The molecule has 0 saturated heterocycles. The van der Waals surface area contributed by atoms with Crippen molar-refractivity contribution in [2.75, 3.05) is 5.32 Å². The number of rotatable bonds is 6. The molecule has 4 nitrogen and oxygen atoms in total. The summed E-state index contributed by atoms with van der Waals surface area (Å²) < 4.78 is 0.526. The molecule has 2 rings (SSSR count). The molecule has 112 valence electrons. The van der Waals surface area contributed by atoms with E-state index in [0.29, 0.717) is 15.5 Å². The minimum absolute atomic E-state index is 0.00758. The first kappa shape index (κ1) is 16.5. The van der Waals surface area contributed by atoms with Crippen LogP contribution in [0.25, 0.3) is 0 Å². The normalized spacial score (nSPS) is 9.30. The molecule has 0 radical (unpaired) electrons. The molecule has 0 aliphatic rings. The maximum atomic E-state index is 12.2. The van der Waals surface area contributed by atoms with Crippen LogP contribution in [0.5, 0.6) is 0 Å². The van der Waals surface area contributed by atoms with Crippen molar-refractivity contribution >= 4 is 26.4 Å². The summed E-state index contributed by atoms with van der Waals surface area (Å²) in [4.78, 5) is 12.2. The van der Waals surface area contributed by atoms with Crippen molar-refractivity contribution in [1.82, 2.24) is 0 Å². The van der Waals surface area contributed by atoms with Crippen LogP contribution in [0.1, 0.15) is 10.4 Å². The Bertz CT molecular complexity index is 771. The molecule has 0 atom stereocenters. The van der Waals surface area contributed by atoms with Crippen molar-refractivity contribution in [3.63, 3.8) is 0 Å². The third-order valence-electron chi connectivity index (χ3n) is 2.93. The van der Waals surface area contributed by atoms with Gasteiger partial charge in [0.2, 0.25) is 0 Å². The summed E-state index contributed by atoms with van der Waals surface area (Å²) in [6, 6.07) is 22.1. The quantitative estimate of drug-likeness (QED) is 0.483. The third kappa shape index (κ3) is 4.83. The average molecular weight is 366 g/mol. The van der Waals surface area contributed by atoms with Gasteiger partial charge in [0.25, 0.3) is 0 Å². The van der Waals surface area contributed by atoms with E-state index >= 15 is 0 Å². The first-order valence-corrected chi connectivity index (χ1v) is 8.89. The number of nitrogens with zero attached hydrogens (tertiary/aromatic N) is 2. The topological polar surface area (TPSA) is 76.7 Å². The van der Waals surface area contributed by atoms with Gasteiger partial charge in [-0.1, -0.05) is 0 Å². The molecule has 5 heteroatoms. The number of para-hydroxylation sites is 1. The molecule has 0 aliphatic carbocycles. The van der Waals surface area contributed by atoms with E-state index in [9.17, 15) is 4.79 Å². The SMILES string of the molecule is N#CC(C#N)=C(Nc1ccccc1)[Se]CC(=O)c1ccccc1. The molecule has 2 aromatic carbocycles. The van der Waals surface area contributed by atoms with Crippen molar-refractivity contribution in [2.24, 2.45) is 0 Å². The second-order valence-electron chi connectivity index (χ2n) is 4.50. The zero-order chi connectivity index (χ0) is 16.5. The second-order valence-corrected chi connectivity index (χ2v) is 6.56. The Morgan fingerprint density at radius 1 is 0.957 bits per heavy atom. The Balaban J connectivity index is 2.14. The van der Waals surface area contributed by atoms with Crippen molar-refractivity contribution in [3.05, 3.63) is 76.4 Å². The molecule has 0 fully saturated rings. The van der Waals surface area contributed by atoms with Crippen LogP contribution in [0.2, 0.25) is 5.32 Å². The number of hydrogen-bond donors (Lipinski definition) is 1. The van der Waals surface area contributed by atoms with Crippen LogP contribution in [0.15, 0.2) is 70.8 Å². The molecule has 1 N–H and O–H groups in total. The van der Waals surface area contributed by atoms with E-state index in [1.165, 1.54) is 0 Å². The number of anilines is 1. The number of nitriles is 2. The standard InChI is InChI=1S/C18H13N3OSe/c19-11-15(12-20)18(21-16-9-5-2-6-10-16)23-13-17(22)14-7-3-1-4-8-14/h1-10,21H,13H2. The van der Waals surface area contributed by atoms with E-state index in [4.69, 9.17) is 10.5 Å². The van der Waals surface area contributed by atoms with Gasteiger partial charge < -0.3 is 0 Å². The van der Waals surface area contributed by atoms with Crippen molar-refractivity contribution in [3.8, 4) is 12.1 Å². The number of ketones is 1. The van der Waals surface area contributed by atoms with Crippen LogP contribution in [-0.4, -0.2) is 20.7 Å². The van der Waals surface area contributed by atoms with E-state index in [1.807, 2.05) is 60.7 Å². The van der Waals surface area contributed by atoms with Crippen LogP contribution >= 0.6 is 0 Å². The summed E-state index contributed by atoms with van der Waals surface area (Å²) >= 11 is -0.330. The van der Waals surface area contributed by atoms with Crippen LogP contribution in [0.3, 0.4) is 0 Å². The first-order chi connectivity index (χ1) is 11.2. The number of carbonyl (C=O) groups is 1. The fourth-order valence-corrected chi connectivity index (χ4v) is 3.62. The first-order valence-electron chi connectivity index (χ1n) is 6.82. The van der Waals surface area contributed by atoms with Crippen LogP contribution in [-0.2, 0) is 0 Å². The number of hydrogen-bond acceptors (Lipinski definition) is 4. The van der Waals surface area contributed by atoms with E-state index in [0.717, 1.165) is 5.69 Å². The van der Waals surface area contributed by atoms with Crippen LogP contribution in [0.4, 0.5) is 5.69 Å². The number of nitrogens with one attached hydrogen (secondary N) is 1. The predicted molar refractivity (Wildman–Crippen MR) is 89.7 cm³/mol.